The van der Waals surface area contributed by atoms with E-state index in [-0.39, 0.29) is 42.3 Å². The summed E-state index contributed by atoms with van der Waals surface area (Å²) in [7, 11) is 0. The Kier molecular flexibility index (Phi) is 39.1. The summed E-state index contributed by atoms with van der Waals surface area (Å²) >= 11 is 9.54. The Morgan fingerprint density at radius 1 is 0.909 bits per heavy atom. The quantitative estimate of drug-likeness (QED) is 0.338. The van der Waals surface area contributed by atoms with Gasteiger partial charge in [-0.2, -0.15) is 0 Å². The van der Waals surface area contributed by atoms with Crippen molar-refractivity contribution in [1.82, 2.24) is 30.0 Å². The zero-order valence-electron chi connectivity index (χ0n) is 26.1. The maximum absolute atomic E-state index is 11.9. The number of hydrogen-bond donors (Lipinski definition) is 2. The Hall–Kier alpha value is 1.58. The Labute approximate surface area is 333 Å². The first-order valence-corrected chi connectivity index (χ1v) is 32.6. The average Bonchev–Trinajstić information content (AvgIpc) is 3.76. The molecule has 0 atom stereocenters. The molecule has 0 unspecified atom stereocenters. The van der Waals surface area contributed by atoms with Crippen LogP contribution in [0.25, 0.3) is 0 Å². The summed E-state index contributed by atoms with van der Waals surface area (Å²) in [4.78, 5) is 36.7. The number of oxazole rings is 2. The van der Waals surface area contributed by atoms with Crippen molar-refractivity contribution in [3.63, 3.8) is 0 Å². The number of carbonyl (C=O) groups excluding carboxylic acids is 2. The summed E-state index contributed by atoms with van der Waals surface area (Å²) in [5.41, 5.74) is 0. The van der Waals surface area contributed by atoms with E-state index in [1.807, 2.05) is 4.90 Å². The second-order valence-corrected chi connectivity index (χ2v) is 25.4. The van der Waals surface area contributed by atoms with Gasteiger partial charge in [-0.05, 0) is 41.5 Å². The summed E-state index contributed by atoms with van der Waals surface area (Å²) in [5.74, 6) is -0.0549. The molecule has 2 aliphatic heterocycles. The number of aliphatic hydroxyl groups is 1. The third kappa shape index (κ3) is 24.7. The first-order valence-electron chi connectivity index (χ1n) is 13.7. The molecule has 44 heavy (non-hydrogen) atoms. The molecule has 2 N–H and O–H groups in total. The number of nitrogens with zero attached hydrogens (tertiary/aromatic N) is 5. The number of halogens is 6. The van der Waals surface area contributed by atoms with Crippen LogP contribution in [-0.2, 0) is 4.74 Å². The van der Waals surface area contributed by atoms with Gasteiger partial charge in [-0.1, -0.05) is 0 Å². The van der Waals surface area contributed by atoms with Crippen LogP contribution in [0.5, 0.6) is 0 Å². The normalized spacial score (nSPS) is 14.4. The van der Waals surface area contributed by atoms with E-state index >= 15 is 0 Å². The number of hydrogen-bond acceptors (Lipinski definition) is 11. The minimum atomic E-state index is -0.472. The zero-order valence-corrected chi connectivity index (χ0v) is 39.2. The van der Waals surface area contributed by atoms with Crippen molar-refractivity contribution in [3.8, 4) is 0 Å². The molecule has 12 nitrogen and oxygen atoms in total. The van der Waals surface area contributed by atoms with E-state index in [0.717, 1.165) is 45.3 Å². The van der Waals surface area contributed by atoms with Crippen LogP contribution in [0.1, 0.15) is 62.7 Å². The van der Waals surface area contributed by atoms with Crippen LogP contribution in [0.2, 0.25) is 0 Å². The molecule has 2 aliphatic rings. The van der Waals surface area contributed by atoms with Gasteiger partial charge < -0.3 is 28.9 Å². The van der Waals surface area contributed by atoms with Gasteiger partial charge in [0.2, 0.25) is 11.5 Å². The molecule has 1 amide bonds. The molecular formula is C26H47I6N6O6-. The molecule has 4 heterocycles. The number of aromatic nitrogens is 2. The van der Waals surface area contributed by atoms with Crippen molar-refractivity contribution in [3.05, 3.63) is 36.7 Å². The molecule has 2 saturated heterocycles. The first kappa shape index (κ1) is 50.0. The first-order chi connectivity index (χ1) is 20.7. The van der Waals surface area contributed by atoms with Gasteiger partial charge in [-0.3, -0.25) is 14.6 Å². The topological polar surface area (TPSA) is 137 Å². The van der Waals surface area contributed by atoms with Gasteiger partial charge in [0.15, 0.2) is 12.8 Å². The summed E-state index contributed by atoms with van der Waals surface area (Å²) < 4.78 is 14.3. The molecule has 0 saturated carbocycles. The number of aliphatic hydroxyl groups excluding tert-OH is 1. The molecule has 2 aromatic heterocycles. The standard InChI is InChI=1S/C11H17N3O2.C7H16N2.C6H7NO3.C2H6O.I3.I2.HI/c1-9(2)13-3-5-14(6-4-13)11(15)10-7-12-8-16-10;1-7(2)9-5-3-8-4-6-9;1-2-9-6(8)5-3-7-4-10-5;1-2-3;1-3-2;1-2;/h7-9H,3-6H2,1-2H3;7-8H,3-6H2,1-2H3;3-4H,2H2,1H3;3H,2H2,1H3;;;1H/q;;;;-1;;. The minimum absolute atomic E-state index is 0. The van der Waals surface area contributed by atoms with Gasteiger partial charge in [0.05, 0.1) is 19.0 Å². The predicted molar refractivity (Wildman–Crippen MR) is 215 cm³/mol. The van der Waals surface area contributed by atoms with Crippen molar-refractivity contribution in [1.29, 1.82) is 0 Å². The van der Waals surface area contributed by atoms with E-state index in [0.29, 0.717) is 31.7 Å². The van der Waals surface area contributed by atoms with Crippen molar-refractivity contribution < 1.29 is 41.5 Å². The third-order valence-electron chi connectivity index (χ3n) is 5.77. The Balaban J connectivity index is -0.000000525. The fourth-order valence-electron chi connectivity index (χ4n) is 3.64. The Morgan fingerprint density at radius 2 is 1.32 bits per heavy atom. The molecular weight excluding hydrogens is 1250 g/mol. The molecule has 0 spiro atoms. The molecule has 0 bridgehead atoms. The number of ether oxygens (including phenoxy) is 1. The number of rotatable bonds is 5. The van der Waals surface area contributed by atoms with Gasteiger partial charge >= 0.3 is 56.5 Å². The van der Waals surface area contributed by atoms with E-state index in [9.17, 15) is 9.59 Å². The van der Waals surface area contributed by atoms with Gasteiger partial charge in [0, 0.05) is 108 Å². The average molecular weight is 1300 g/mol. The van der Waals surface area contributed by atoms with E-state index in [1.165, 1.54) is 38.3 Å². The van der Waals surface area contributed by atoms with Crippen molar-refractivity contribution >= 4 is 110 Å². The van der Waals surface area contributed by atoms with Gasteiger partial charge in [0.25, 0.3) is 5.91 Å². The summed E-state index contributed by atoms with van der Waals surface area (Å²) in [6.07, 6.45) is 5.26. The molecule has 2 aromatic rings. The van der Waals surface area contributed by atoms with Gasteiger partial charge in [-0.15, -0.1) is 24.0 Å². The van der Waals surface area contributed by atoms with Crippen molar-refractivity contribution in [2.24, 2.45) is 0 Å². The van der Waals surface area contributed by atoms with Crippen LogP contribution >= 0.6 is 98.4 Å². The second kappa shape index (κ2) is 34.4. The van der Waals surface area contributed by atoms with Crippen molar-refractivity contribution in [2.75, 3.05) is 65.6 Å². The van der Waals surface area contributed by atoms with Gasteiger partial charge in [0.1, 0.15) is 0 Å². The van der Waals surface area contributed by atoms with Crippen LogP contribution < -0.4 is 18.6 Å². The van der Waals surface area contributed by atoms with Crippen LogP contribution in [0.3, 0.4) is 0 Å². The van der Waals surface area contributed by atoms with E-state index in [4.69, 9.17) is 9.52 Å². The number of amides is 1. The predicted octanol–water partition coefficient (Wildman–Crippen LogP) is 3.16. The molecule has 4 rings (SSSR count). The fraction of sp³-hybridized carbons (Fsp3) is 0.692. The summed E-state index contributed by atoms with van der Waals surface area (Å²) in [6.45, 7) is 21.0. The zero-order chi connectivity index (χ0) is 33.0. The number of esters is 1. The Bertz CT molecular complexity index is 884. The van der Waals surface area contributed by atoms with E-state index < -0.39 is 5.97 Å². The van der Waals surface area contributed by atoms with Crippen LogP contribution in [0.15, 0.2) is 34.0 Å². The SMILES string of the molecule is CC(C)N1CCN(C(=O)c2cnco2)CC1.CC(C)N1CCNCC1.CCO.CCOC(=O)c1cnco1.I.II.I[I-]I. The Morgan fingerprint density at radius 3 is 1.66 bits per heavy atom. The molecule has 260 valence electrons. The number of nitrogens with one attached hydrogen (secondary N) is 1. The summed E-state index contributed by atoms with van der Waals surface area (Å²) in [5, 5.41) is 10.9. The molecule has 18 heteroatoms. The number of piperazine rings is 2. The third-order valence-corrected chi connectivity index (χ3v) is 5.77. The van der Waals surface area contributed by atoms with Crippen LogP contribution in [0.4, 0.5) is 0 Å². The number of carbonyl (C=O) groups is 2. The second-order valence-electron chi connectivity index (χ2n) is 9.12. The molecule has 0 radical (unpaired) electrons. The van der Waals surface area contributed by atoms with Crippen LogP contribution in [-0.4, -0.2) is 119 Å². The molecule has 2 fully saturated rings. The fourth-order valence-corrected chi connectivity index (χ4v) is 3.64. The molecule has 0 aliphatic carbocycles. The van der Waals surface area contributed by atoms with E-state index in [1.54, 1.807) is 13.8 Å². The van der Waals surface area contributed by atoms with Crippen LogP contribution in [0, 0.1) is 0 Å². The van der Waals surface area contributed by atoms with Gasteiger partial charge in [-0.25, -0.2) is 14.8 Å². The maximum atomic E-state index is 11.9. The summed E-state index contributed by atoms with van der Waals surface area (Å²) in [6, 6.07) is 1.27. The van der Waals surface area contributed by atoms with E-state index in [2.05, 4.69) is 136 Å². The van der Waals surface area contributed by atoms with Crippen molar-refractivity contribution in [2.45, 2.75) is 53.6 Å². The monoisotopic (exact) mass is 1300 g/mol. The molecule has 0 aromatic carbocycles.